The lowest BCUT2D eigenvalue weighted by atomic mass is 9.98. The Bertz CT molecular complexity index is 885. The van der Waals surface area contributed by atoms with Crippen LogP contribution in [0.25, 0.3) is 0 Å². The molecule has 0 aliphatic carbocycles. The molecule has 3 heterocycles. The number of aromatic nitrogens is 2. The standard InChI is InChI=1S/C18H29FN3O8P/c1-10(2)8-11(15-27-6-7-28-15)21-31(26)29-9-12-14(24)18(3,19)16(30-12)22-5-4-13(23)20-17(22)25/h4-5,10-12,14-16,24,31H,6-9H2,1-3H3,(H,21,26)(H,20,23,25)/t11-,12+,14+,16+,18+/m0/s1. The minimum Gasteiger partial charge on any atom is -0.387 e. The van der Waals surface area contributed by atoms with Crippen molar-refractivity contribution in [2.45, 2.75) is 63.6 Å². The summed E-state index contributed by atoms with van der Waals surface area (Å²) in [5, 5.41) is 13.2. The van der Waals surface area contributed by atoms with Gasteiger partial charge in [-0.15, -0.1) is 0 Å². The molecule has 2 aliphatic rings. The molecule has 2 saturated heterocycles. The van der Waals surface area contributed by atoms with Crippen LogP contribution >= 0.6 is 8.18 Å². The predicted octanol–water partition coefficient (Wildman–Crippen LogP) is 0.307. The summed E-state index contributed by atoms with van der Waals surface area (Å²) in [6.45, 7) is 5.61. The number of nitrogens with zero attached hydrogens (tertiary/aromatic N) is 1. The second-order valence-corrected chi connectivity index (χ2v) is 9.38. The number of nitrogens with one attached hydrogen (secondary N) is 2. The first-order valence-corrected chi connectivity index (χ1v) is 11.4. The monoisotopic (exact) mass is 465 g/mol. The number of aromatic amines is 1. The van der Waals surface area contributed by atoms with E-state index in [-0.39, 0.29) is 18.6 Å². The molecule has 1 aromatic rings. The molecule has 13 heteroatoms. The summed E-state index contributed by atoms with van der Waals surface area (Å²) in [6, 6.07) is 0.684. The average molecular weight is 465 g/mol. The van der Waals surface area contributed by atoms with Crippen molar-refractivity contribution in [2.24, 2.45) is 5.92 Å². The van der Waals surface area contributed by atoms with Gasteiger partial charge < -0.3 is 23.8 Å². The Labute approximate surface area is 178 Å². The van der Waals surface area contributed by atoms with E-state index in [9.17, 15) is 19.3 Å². The van der Waals surface area contributed by atoms with Gasteiger partial charge in [-0.1, -0.05) is 13.8 Å². The summed E-state index contributed by atoms with van der Waals surface area (Å²) >= 11 is 0. The highest BCUT2D eigenvalue weighted by Crippen LogP contribution is 2.41. The van der Waals surface area contributed by atoms with Gasteiger partial charge >= 0.3 is 5.69 Å². The fourth-order valence-corrected chi connectivity index (χ4v) is 4.62. The Kier molecular flexibility index (Phi) is 7.85. The average Bonchev–Trinajstić information content (AvgIpc) is 3.28. The summed E-state index contributed by atoms with van der Waals surface area (Å²) < 4.78 is 50.3. The van der Waals surface area contributed by atoms with Gasteiger partial charge in [0.2, 0.25) is 0 Å². The van der Waals surface area contributed by atoms with E-state index in [0.29, 0.717) is 19.6 Å². The van der Waals surface area contributed by atoms with Crippen molar-refractivity contribution in [3.8, 4) is 0 Å². The maximum atomic E-state index is 15.2. The third kappa shape index (κ3) is 5.70. The molecule has 6 atom stereocenters. The summed E-state index contributed by atoms with van der Waals surface area (Å²) in [6.07, 6.45) is -3.16. The van der Waals surface area contributed by atoms with E-state index in [1.165, 1.54) is 0 Å². The molecular weight excluding hydrogens is 436 g/mol. The number of hydrogen-bond acceptors (Lipinski definition) is 8. The number of H-pyrrole nitrogens is 1. The predicted molar refractivity (Wildman–Crippen MR) is 108 cm³/mol. The van der Waals surface area contributed by atoms with Gasteiger partial charge in [0.05, 0.1) is 25.9 Å². The van der Waals surface area contributed by atoms with Crippen LogP contribution in [-0.4, -0.2) is 64.7 Å². The topological polar surface area (TPSA) is 141 Å². The smallest absolute Gasteiger partial charge is 0.330 e. The van der Waals surface area contributed by atoms with Crippen molar-refractivity contribution in [2.75, 3.05) is 19.8 Å². The molecular formula is C18H29FN3O8P. The maximum absolute atomic E-state index is 15.2. The van der Waals surface area contributed by atoms with Gasteiger partial charge in [-0.25, -0.2) is 14.3 Å². The zero-order chi connectivity index (χ0) is 22.8. The molecule has 2 aliphatic heterocycles. The van der Waals surface area contributed by atoms with Crippen molar-refractivity contribution in [1.29, 1.82) is 0 Å². The van der Waals surface area contributed by atoms with Gasteiger partial charge in [-0.05, 0) is 19.3 Å². The van der Waals surface area contributed by atoms with E-state index in [4.69, 9.17) is 18.7 Å². The van der Waals surface area contributed by atoms with Crippen molar-refractivity contribution in [3.05, 3.63) is 33.1 Å². The first-order valence-electron chi connectivity index (χ1n) is 10.1. The summed E-state index contributed by atoms with van der Waals surface area (Å²) in [7, 11) is -2.80. The zero-order valence-electron chi connectivity index (χ0n) is 17.6. The lowest BCUT2D eigenvalue weighted by Crippen LogP contribution is -2.43. The Morgan fingerprint density at radius 2 is 2.10 bits per heavy atom. The molecule has 0 bridgehead atoms. The molecule has 3 rings (SSSR count). The quantitative estimate of drug-likeness (QED) is 0.439. The molecule has 2 fully saturated rings. The number of aliphatic hydroxyl groups excluding tert-OH is 1. The molecule has 1 unspecified atom stereocenters. The highest BCUT2D eigenvalue weighted by atomic mass is 31.1. The van der Waals surface area contributed by atoms with E-state index in [2.05, 4.69) is 5.09 Å². The van der Waals surface area contributed by atoms with Gasteiger partial charge in [0.1, 0.15) is 12.2 Å². The van der Waals surface area contributed by atoms with Crippen LogP contribution in [0, 0.1) is 5.92 Å². The molecule has 11 nitrogen and oxygen atoms in total. The largest absolute Gasteiger partial charge is 0.387 e. The van der Waals surface area contributed by atoms with Gasteiger partial charge in [0.25, 0.3) is 13.7 Å². The molecule has 3 N–H and O–H groups in total. The van der Waals surface area contributed by atoms with E-state index in [1.807, 2.05) is 18.8 Å². The molecule has 0 radical (unpaired) electrons. The van der Waals surface area contributed by atoms with Crippen LogP contribution in [0.1, 0.15) is 33.4 Å². The fraction of sp³-hybridized carbons (Fsp3) is 0.778. The molecule has 0 saturated carbocycles. The van der Waals surface area contributed by atoms with Crippen LogP contribution in [0.2, 0.25) is 0 Å². The summed E-state index contributed by atoms with van der Waals surface area (Å²) in [5.74, 6) is 0.281. The van der Waals surface area contributed by atoms with Crippen LogP contribution < -0.4 is 16.3 Å². The van der Waals surface area contributed by atoms with E-state index in [0.717, 1.165) is 23.8 Å². The van der Waals surface area contributed by atoms with Gasteiger partial charge in [-0.2, -0.15) is 0 Å². The van der Waals surface area contributed by atoms with E-state index < -0.39 is 49.8 Å². The third-order valence-electron chi connectivity index (χ3n) is 5.20. The van der Waals surface area contributed by atoms with E-state index in [1.54, 1.807) is 0 Å². The minimum atomic E-state index is -2.80. The number of aliphatic hydroxyl groups is 1. The molecule has 1 aromatic heterocycles. The highest BCUT2D eigenvalue weighted by molar-refractivity contribution is 7.36. The van der Waals surface area contributed by atoms with Crippen molar-refractivity contribution in [3.63, 3.8) is 0 Å². The van der Waals surface area contributed by atoms with Crippen LogP contribution in [0.5, 0.6) is 0 Å². The van der Waals surface area contributed by atoms with Crippen LogP contribution in [0.3, 0.4) is 0 Å². The zero-order valence-corrected chi connectivity index (χ0v) is 18.6. The lowest BCUT2D eigenvalue weighted by molar-refractivity contribution is -0.0680. The van der Waals surface area contributed by atoms with Crippen LogP contribution in [-0.2, 0) is 23.3 Å². The maximum Gasteiger partial charge on any atom is 0.330 e. The van der Waals surface area contributed by atoms with Gasteiger partial charge in [0.15, 0.2) is 18.2 Å². The second kappa shape index (κ2) is 10.0. The third-order valence-corrected chi connectivity index (χ3v) is 6.24. The number of ether oxygens (including phenoxy) is 3. The number of alkyl halides is 1. The second-order valence-electron chi connectivity index (χ2n) is 8.23. The molecule has 0 amide bonds. The number of rotatable bonds is 9. The molecule has 0 spiro atoms. The van der Waals surface area contributed by atoms with E-state index >= 15 is 4.39 Å². The molecule has 0 aromatic carbocycles. The highest BCUT2D eigenvalue weighted by Gasteiger charge is 2.55. The van der Waals surface area contributed by atoms with Crippen molar-refractivity contribution < 1.29 is 32.8 Å². The Morgan fingerprint density at radius 1 is 1.42 bits per heavy atom. The molecule has 176 valence electrons. The number of halogens is 1. The summed E-state index contributed by atoms with van der Waals surface area (Å²) in [5.41, 5.74) is -3.88. The fourth-order valence-electron chi connectivity index (χ4n) is 3.67. The normalized spacial score (nSPS) is 31.4. The lowest BCUT2D eigenvalue weighted by Gasteiger charge is -2.25. The van der Waals surface area contributed by atoms with Crippen LogP contribution in [0.15, 0.2) is 21.9 Å². The van der Waals surface area contributed by atoms with Crippen molar-refractivity contribution >= 4 is 8.18 Å². The minimum absolute atomic E-state index is 0.281. The Hall–Kier alpha value is -1.40. The SMILES string of the molecule is CC(C)C[C@H](N[PH](=O)OC[C@H]1O[C@@H](n2ccc(=O)[nH]c2=O)[C@](C)(F)[C@@H]1O)C1OCCO1. The Morgan fingerprint density at radius 3 is 2.71 bits per heavy atom. The van der Waals surface area contributed by atoms with Gasteiger partial charge in [0, 0.05) is 12.3 Å². The Balaban J connectivity index is 1.62. The summed E-state index contributed by atoms with van der Waals surface area (Å²) in [4.78, 5) is 25.3. The number of hydrogen-bond donors (Lipinski definition) is 3. The van der Waals surface area contributed by atoms with Gasteiger partial charge in [-0.3, -0.25) is 18.9 Å². The first-order chi connectivity index (χ1) is 14.6. The first kappa shape index (κ1) is 24.2. The van der Waals surface area contributed by atoms with Crippen LogP contribution in [0.4, 0.5) is 4.39 Å². The molecule has 31 heavy (non-hydrogen) atoms. The van der Waals surface area contributed by atoms with Crippen molar-refractivity contribution in [1.82, 2.24) is 14.6 Å².